The average Bonchev–Trinajstić information content (AvgIpc) is 2.32. The molecule has 0 amide bonds. The molecule has 0 spiro atoms. The summed E-state index contributed by atoms with van der Waals surface area (Å²) in [6.07, 6.45) is 2.10. The van der Waals surface area contributed by atoms with Gasteiger partial charge in [0, 0.05) is 0 Å². The number of aryl methyl sites for hydroxylation is 2. The van der Waals surface area contributed by atoms with Crippen LogP contribution < -0.4 is 11.5 Å². The first-order valence-electron chi connectivity index (χ1n) is 6.73. The summed E-state index contributed by atoms with van der Waals surface area (Å²) in [4.78, 5) is 0. The second kappa shape index (κ2) is 6.76. The van der Waals surface area contributed by atoms with Gasteiger partial charge in [-0.2, -0.15) is 0 Å². The molecule has 5 N–H and O–H groups in total. The van der Waals surface area contributed by atoms with Crippen LogP contribution in [-0.4, -0.2) is 18.2 Å². The molecule has 0 aromatic heterocycles. The van der Waals surface area contributed by atoms with E-state index < -0.39 is 0 Å². The van der Waals surface area contributed by atoms with Gasteiger partial charge in [-0.05, 0) is 80.4 Å². The Morgan fingerprint density at radius 1 is 1.11 bits per heavy atom. The fourth-order valence-electron chi connectivity index (χ4n) is 2.78. The lowest BCUT2D eigenvalue weighted by Gasteiger charge is -2.24. The molecule has 0 bridgehead atoms. The minimum Gasteiger partial charge on any atom is -0.508 e. The monoisotopic (exact) mass is 250 g/mol. The number of hydrogen-bond donors (Lipinski definition) is 3. The molecule has 1 aromatic carbocycles. The summed E-state index contributed by atoms with van der Waals surface area (Å²) in [6.45, 7) is 7.60. The third-order valence-electron chi connectivity index (χ3n) is 3.76. The third kappa shape index (κ3) is 3.47. The first-order valence-corrected chi connectivity index (χ1v) is 6.73. The van der Waals surface area contributed by atoms with Crippen LogP contribution in [0.25, 0.3) is 0 Å². The fourth-order valence-corrected chi connectivity index (χ4v) is 2.78. The molecular weight excluding hydrogens is 224 g/mol. The lowest BCUT2D eigenvalue weighted by Crippen LogP contribution is -2.25. The SMILES string of the molecule is CCC(CC(CN)CN)c1c(C)cc(O)cc1C. The maximum atomic E-state index is 9.61. The van der Waals surface area contributed by atoms with Gasteiger partial charge in [-0.15, -0.1) is 0 Å². The van der Waals surface area contributed by atoms with Crippen molar-refractivity contribution in [1.82, 2.24) is 0 Å². The van der Waals surface area contributed by atoms with Gasteiger partial charge in [-0.1, -0.05) is 6.92 Å². The van der Waals surface area contributed by atoms with Crippen LogP contribution >= 0.6 is 0 Å². The molecule has 0 fully saturated rings. The molecule has 3 heteroatoms. The number of phenolic OH excluding ortho intramolecular Hbond substituents is 1. The van der Waals surface area contributed by atoms with Gasteiger partial charge < -0.3 is 16.6 Å². The largest absolute Gasteiger partial charge is 0.508 e. The van der Waals surface area contributed by atoms with Crippen LogP contribution in [0.1, 0.15) is 42.4 Å². The van der Waals surface area contributed by atoms with Crippen LogP contribution in [0, 0.1) is 19.8 Å². The molecule has 3 nitrogen and oxygen atoms in total. The van der Waals surface area contributed by atoms with Gasteiger partial charge in [-0.25, -0.2) is 0 Å². The van der Waals surface area contributed by atoms with E-state index in [4.69, 9.17) is 11.5 Å². The molecule has 18 heavy (non-hydrogen) atoms. The maximum absolute atomic E-state index is 9.61. The van der Waals surface area contributed by atoms with Crippen molar-refractivity contribution in [2.45, 2.75) is 39.5 Å². The predicted octanol–water partition coefficient (Wildman–Crippen LogP) is 2.43. The minimum atomic E-state index is 0.345. The first-order chi connectivity index (χ1) is 8.53. The molecular formula is C15H26N2O. The summed E-state index contributed by atoms with van der Waals surface area (Å²) in [5.74, 6) is 1.20. The maximum Gasteiger partial charge on any atom is 0.116 e. The van der Waals surface area contributed by atoms with Gasteiger partial charge in [0.15, 0.2) is 0 Å². The van der Waals surface area contributed by atoms with Crippen LogP contribution in [-0.2, 0) is 0 Å². The van der Waals surface area contributed by atoms with Gasteiger partial charge in [0.1, 0.15) is 5.75 Å². The van der Waals surface area contributed by atoms with Crippen molar-refractivity contribution in [3.05, 3.63) is 28.8 Å². The summed E-state index contributed by atoms with van der Waals surface area (Å²) in [6, 6.07) is 3.68. The van der Waals surface area contributed by atoms with Crippen LogP contribution in [0.5, 0.6) is 5.75 Å². The predicted molar refractivity (Wildman–Crippen MR) is 76.8 cm³/mol. The van der Waals surface area contributed by atoms with E-state index in [1.807, 2.05) is 12.1 Å². The number of benzene rings is 1. The number of aromatic hydroxyl groups is 1. The Hall–Kier alpha value is -1.06. The van der Waals surface area contributed by atoms with Crippen LogP contribution in [0.4, 0.5) is 0 Å². The third-order valence-corrected chi connectivity index (χ3v) is 3.76. The Morgan fingerprint density at radius 2 is 1.61 bits per heavy atom. The fraction of sp³-hybridized carbons (Fsp3) is 0.600. The van der Waals surface area contributed by atoms with Gasteiger partial charge >= 0.3 is 0 Å². The zero-order chi connectivity index (χ0) is 13.7. The Balaban J connectivity index is 3.01. The molecule has 0 heterocycles. The second-order valence-electron chi connectivity index (χ2n) is 5.17. The Bertz CT molecular complexity index is 363. The Labute approximate surface area is 110 Å². The van der Waals surface area contributed by atoms with E-state index in [1.165, 1.54) is 5.56 Å². The zero-order valence-corrected chi connectivity index (χ0v) is 11.7. The summed E-state index contributed by atoms with van der Waals surface area (Å²) in [5.41, 5.74) is 15.2. The van der Waals surface area contributed by atoms with Gasteiger partial charge in [-0.3, -0.25) is 0 Å². The molecule has 1 atom stereocenters. The molecule has 0 aliphatic rings. The van der Waals surface area contributed by atoms with Gasteiger partial charge in [0.2, 0.25) is 0 Å². The van der Waals surface area contributed by atoms with Crippen molar-refractivity contribution >= 4 is 0 Å². The van der Waals surface area contributed by atoms with Crippen LogP contribution in [0.2, 0.25) is 0 Å². The molecule has 0 aliphatic carbocycles. The molecule has 1 rings (SSSR count). The second-order valence-corrected chi connectivity index (χ2v) is 5.17. The van der Waals surface area contributed by atoms with Crippen molar-refractivity contribution in [1.29, 1.82) is 0 Å². The van der Waals surface area contributed by atoms with Crippen molar-refractivity contribution in [3.63, 3.8) is 0 Å². The number of nitrogens with two attached hydrogens (primary N) is 2. The van der Waals surface area contributed by atoms with Gasteiger partial charge in [0.05, 0.1) is 0 Å². The first kappa shape index (κ1) is 15.0. The lowest BCUT2D eigenvalue weighted by molar-refractivity contribution is 0.438. The molecule has 102 valence electrons. The highest BCUT2D eigenvalue weighted by Gasteiger charge is 2.19. The van der Waals surface area contributed by atoms with E-state index in [2.05, 4.69) is 20.8 Å². The standard InChI is InChI=1S/C15H26N2O/c1-4-13(7-12(8-16)9-17)15-10(2)5-14(18)6-11(15)3/h5-6,12-13,18H,4,7-9,16-17H2,1-3H3. The lowest BCUT2D eigenvalue weighted by atomic mass is 9.82. The van der Waals surface area contributed by atoms with E-state index in [9.17, 15) is 5.11 Å². The van der Waals surface area contributed by atoms with Crippen molar-refractivity contribution in [2.24, 2.45) is 17.4 Å². The summed E-state index contributed by atoms with van der Waals surface area (Å²) >= 11 is 0. The van der Waals surface area contributed by atoms with Crippen molar-refractivity contribution in [2.75, 3.05) is 13.1 Å². The molecule has 1 aromatic rings. The highest BCUT2D eigenvalue weighted by Crippen LogP contribution is 2.33. The highest BCUT2D eigenvalue weighted by atomic mass is 16.3. The zero-order valence-electron chi connectivity index (χ0n) is 11.7. The highest BCUT2D eigenvalue weighted by molar-refractivity contribution is 5.42. The van der Waals surface area contributed by atoms with Crippen molar-refractivity contribution in [3.8, 4) is 5.75 Å². The normalized spacial score (nSPS) is 13.0. The van der Waals surface area contributed by atoms with Crippen LogP contribution in [0.3, 0.4) is 0 Å². The number of hydrogen-bond acceptors (Lipinski definition) is 3. The van der Waals surface area contributed by atoms with E-state index in [-0.39, 0.29) is 0 Å². The van der Waals surface area contributed by atoms with E-state index >= 15 is 0 Å². The Kier molecular flexibility index (Phi) is 5.63. The smallest absolute Gasteiger partial charge is 0.116 e. The average molecular weight is 250 g/mol. The molecule has 1 unspecified atom stereocenters. The van der Waals surface area contributed by atoms with E-state index in [0.29, 0.717) is 30.7 Å². The molecule has 0 saturated heterocycles. The molecule has 0 saturated carbocycles. The Morgan fingerprint density at radius 3 is 2.00 bits per heavy atom. The quantitative estimate of drug-likeness (QED) is 0.726. The molecule has 0 aliphatic heterocycles. The summed E-state index contributed by atoms with van der Waals surface area (Å²) < 4.78 is 0. The van der Waals surface area contributed by atoms with Gasteiger partial charge in [0.25, 0.3) is 0 Å². The number of rotatable bonds is 6. The van der Waals surface area contributed by atoms with Crippen LogP contribution in [0.15, 0.2) is 12.1 Å². The molecule has 0 radical (unpaired) electrons. The van der Waals surface area contributed by atoms with E-state index in [0.717, 1.165) is 24.0 Å². The van der Waals surface area contributed by atoms with Crippen molar-refractivity contribution < 1.29 is 5.11 Å². The summed E-state index contributed by atoms with van der Waals surface area (Å²) in [5, 5.41) is 9.61. The number of phenols is 1. The van der Waals surface area contributed by atoms with E-state index in [1.54, 1.807) is 0 Å². The topological polar surface area (TPSA) is 72.3 Å². The minimum absolute atomic E-state index is 0.345. The summed E-state index contributed by atoms with van der Waals surface area (Å²) in [7, 11) is 0.